The Bertz CT molecular complexity index is 999. The molecule has 1 fully saturated rings. The fourth-order valence-corrected chi connectivity index (χ4v) is 3.79. The van der Waals surface area contributed by atoms with Gasteiger partial charge in [-0.15, -0.1) is 11.3 Å². The molecule has 0 aliphatic carbocycles. The minimum absolute atomic E-state index is 0. The van der Waals surface area contributed by atoms with E-state index in [1.165, 1.54) is 10.7 Å². The Labute approximate surface area is 198 Å². The van der Waals surface area contributed by atoms with E-state index in [1.807, 2.05) is 5.32 Å². The van der Waals surface area contributed by atoms with Crippen molar-refractivity contribution in [2.24, 2.45) is 5.16 Å². The van der Waals surface area contributed by atoms with Crippen molar-refractivity contribution in [1.29, 1.82) is 0 Å². The van der Waals surface area contributed by atoms with Gasteiger partial charge in [-0.05, 0) is 0 Å². The number of halogens is 3. The van der Waals surface area contributed by atoms with E-state index in [0.717, 1.165) is 18.4 Å². The van der Waals surface area contributed by atoms with Gasteiger partial charge in [0.2, 0.25) is 0 Å². The number of oxime groups is 1. The van der Waals surface area contributed by atoms with E-state index < -0.39 is 58.5 Å². The topological polar surface area (TPSA) is 193 Å². The minimum atomic E-state index is -5.28. The molecule has 1 aliphatic heterocycles. The van der Waals surface area contributed by atoms with Gasteiger partial charge in [0.1, 0.15) is 18.8 Å². The van der Waals surface area contributed by atoms with Crippen molar-refractivity contribution in [2.75, 3.05) is 19.4 Å². The summed E-state index contributed by atoms with van der Waals surface area (Å²) in [4.78, 5) is 43.8. The van der Waals surface area contributed by atoms with E-state index in [2.05, 4.69) is 15.0 Å². The van der Waals surface area contributed by atoms with Crippen LogP contribution in [0.2, 0.25) is 0 Å². The number of rotatable bonds is 7. The summed E-state index contributed by atoms with van der Waals surface area (Å²) < 4.78 is 68.6. The maximum atomic E-state index is 12.4. The first-order valence-electron chi connectivity index (χ1n) is 7.56. The van der Waals surface area contributed by atoms with Crippen LogP contribution >= 0.6 is 11.3 Å². The summed E-state index contributed by atoms with van der Waals surface area (Å²) in [6.45, 7) is -1.05. The van der Waals surface area contributed by atoms with Crippen molar-refractivity contribution in [3.05, 3.63) is 11.1 Å². The van der Waals surface area contributed by atoms with Gasteiger partial charge in [0.15, 0.2) is 10.8 Å². The molecule has 0 saturated carbocycles. The molecule has 13 nitrogen and oxygen atoms in total. The molecule has 1 aromatic heterocycles. The Kier molecular flexibility index (Phi) is 8.80. The summed E-state index contributed by atoms with van der Waals surface area (Å²) in [5.74, 6) is -4.88. The first-order chi connectivity index (χ1) is 13.8. The molecule has 0 aromatic carbocycles. The zero-order chi connectivity index (χ0) is 22.9. The van der Waals surface area contributed by atoms with Crippen LogP contribution in [0.3, 0.4) is 0 Å². The van der Waals surface area contributed by atoms with Gasteiger partial charge < -0.3 is 21.2 Å². The second-order valence-electron chi connectivity index (χ2n) is 5.53. The van der Waals surface area contributed by atoms with Crippen molar-refractivity contribution >= 4 is 79.8 Å². The second kappa shape index (κ2) is 10.1. The number of carbonyl (C=O) groups excluding carboxylic acids is 3. The van der Waals surface area contributed by atoms with Crippen LogP contribution in [-0.4, -0.2) is 107 Å². The number of hydrogen-bond donors (Lipinski definition) is 4. The van der Waals surface area contributed by atoms with Crippen molar-refractivity contribution in [3.63, 3.8) is 0 Å². The van der Waals surface area contributed by atoms with E-state index >= 15 is 0 Å². The first-order valence-corrected chi connectivity index (χ1v) is 9.84. The standard InChI is InChI=1S/C12H13F3N6O7S2.Na.H/c1-28-20-6(4-3-29-11(16)18-4)8(22)19-7-5(2-17-10(24)12(13,14)15)21(9(7)23)30(25,26)27;;/h3,5,7H,2H2,1H3,(H2,16,18)(H,17,24)(H,19,22)(H,25,26,27);;/b20-6-;;. The van der Waals surface area contributed by atoms with Gasteiger partial charge in [0.05, 0.1) is 6.04 Å². The second-order valence-corrected chi connectivity index (χ2v) is 7.71. The van der Waals surface area contributed by atoms with Crippen molar-refractivity contribution in [1.82, 2.24) is 19.9 Å². The SMILES string of the molecule is CO/N=C(\C(=O)NC1C(=O)N(S(=O)(=O)O)C1CNC(=O)C(F)(F)F)c1csc(N)n1.[NaH]. The van der Waals surface area contributed by atoms with Crippen molar-refractivity contribution in [3.8, 4) is 0 Å². The van der Waals surface area contributed by atoms with Crippen LogP contribution < -0.4 is 16.4 Å². The summed E-state index contributed by atoms with van der Waals surface area (Å²) in [5, 5.41) is 8.23. The van der Waals surface area contributed by atoms with Gasteiger partial charge in [-0.2, -0.15) is 21.6 Å². The molecule has 31 heavy (non-hydrogen) atoms. The number of hydrogen-bond acceptors (Lipinski definition) is 10. The summed E-state index contributed by atoms with van der Waals surface area (Å²) >= 11 is 0.942. The van der Waals surface area contributed by atoms with Crippen LogP contribution in [0.25, 0.3) is 0 Å². The molecular formula is C12H14F3N6NaO7S2. The van der Waals surface area contributed by atoms with E-state index in [9.17, 15) is 36.0 Å². The Morgan fingerprint density at radius 3 is 2.52 bits per heavy atom. The number of thiazole rings is 1. The number of nitrogens with zero attached hydrogens (tertiary/aromatic N) is 3. The van der Waals surface area contributed by atoms with Crippen LogP contribution in [0.4, 0.5) is 18.3 Å². The van der Waals surface area contributed by atoms with Crippen LogP contribution in [0.1, 0.15) is 5.69 Å². The number of amides is 3. The van der Waals surface area contributed by atoms with Crippen LogP contribution in [-0.2, 0) is 29.5 Å². The summed E-state index contributed by atoms with van der Waals surface area (Å²) in [7, 11) is -4.09. The number of alkyl halides is 3. The van der Waals surface area contributed by atoms with Crippen LogP contribution in [0, 0.1) is 0 Å². The summed E-state index contributed by atoms with van der Waals surface area (Å²) in [6.07, 6.45) is -5.28. The van der Waals surface area contributed by atoms with Crippen LogP contribution in [0.15, 0.2) is 10.5 Å². The monoisotopic (exact) mass is 498 g/mol. The molecule has 2 atom stereocenters. The third-order valence-electron chi connectivity index (χ3n) is 3.60. The number of nitrogen functional groups attached to an aromatic ring is 1. The Balaban J connectivity index is 0.00000480. The fraction of sp³-hybridized carbons (Fsp3) is 0.417. The van der Waals surface area contributed by atoms with E-state index in [1.54, 1.807) is 0 Å². The maximum absolute atomic E-state index is 12.4. The predicted molar refractivity (Wildman–Crippen MR) is 100 cm³/mol. The molecular weight excluding hydrogens is 484 g/mol. The van der Waals surface area contributed by atoms with E-state index in [0.29, 0.717) is 0 Å². The number of aromatic nitrogens is 1. The third-order valence-corrected chi connectivity index (χ3v) is 5.22. The molecule has 0 spiro atoms. The molecule has 168 valence electrons. The average Bonchev–Trinajstić information content (AvgIpc) is 3.04. The zero-order valence-electron chi connectivity index (χ0n) is 14.7. The molecule has 1 aromatic rings. The molecule has 0 radical (unpaired) electrons. The Morgan fingerprint density at radius 2 is 2.06 bits per heavy atom. The van der Waals surface area contributed by atoms with Gasteiger partial charge in [0.25, 0.3) is 11.8 Å². The van der Waals surface area contributed by atoms with Gasteiger partial charge in [-0.1, -0.05) is 5.16 Å². The zero-order valence-corrected chi connectivity index (χ0v) is 16.3. The number of carbonyl (C=O) groups is 3. The summed E-state index contributed by atoms with van der Waals surface area (Å²) in [6, 6.07) is -3.46. The molecule has 2 heterocycles. The Hall–Kier alpha value is -1.99. The molecule has 2 unspecified atom stereocenters. The first kappa shape index (κ1) is 27.0. The fourth-order valence-electron chi connectivity index (χ4n) is 2.36. The van der Waals surface area contributed by atoms with E-state index in [-0.39, 0.29) is 44.7 Å². The number of anilines is 1. The molecule has 2 rings (SSSR count). The Morgan fingerprint density at radius 1 is 1.45 bits per heavy atom. The van der Waals surface area contributed by atoms with E-state index in [4.69, 9.17) is 10.3 Å². The normalized spacial score (nSPS) is 19.2. The third kappa shape index (κ3) is 6.26. The molecule has 1 aliphatic rings. The van der Waals surface area contributed by atoms with Gasteiger partial charge in [0, 0.05) is 11.9 Å². The number of nitrogens with two attached hydrogens (primary N) is 1. The van der Waals surface area contributed by atoms with Crippen molar-refractivity contribution < 1.29 is 45.4 Å². The average molecular weight is 498 g/mol. The molecule has 1 saturated heterocycles. The van der Waals surface area contributed by atoms with Crippen LogP contribution in [0.5, 0.6) is 0 Å². The molecule has 0 bridgehead atoms. The van der Waals surface area contributed by atoms with Crippen molar-refractivity contribution in [2.45, 2.75) is 18.3 Å². The number of nitrogens with one attached hydrogen (secondary N) is 2. The quantitative estimate of drug-likeness (QED) is 0.104. The van der Waals surface area contributed by atoms with Gasteiger partial charge >= 0.3 is 51.9 Å². The van der Waals surface area contributed by atoms with Gasteiger partial charge in [-0.3, -0.25) is 18.9 Å². The summed E-state index contributed by atoms with van der Waals surface area (Å²) in [5.41, 5.74) is 4.93. The molecule has 3 amide bonds. The van der Waals surface area contributed by atoms with Gasteiger partial charge in [-0.25, -0.2) is 9.29 Å². The number of β-lactam (4-membered cyclic amide) rings is 1. The molecule has 5 N–H and O–H groups in total. The molecule has 19 heteroatoms. The predicted octanol–water partition coefficient (Wildman–Crippen LogP) is -2.40.